The van der Waals surface area contributed by atoms with E-state index in [0.29, 0.717) is 16.7 Å². The summed E-state index contributed by atoms with van der Waals surface area (Å²) in [6, 6.07) is 14.8. The van der Waals surface area contributed by atoms with E-state index in [1.54, 1.807) is 24.3 Å². The van der Waals surface area contributed by atoms with Gasteiger partial charge in [0, 0.05) is 5.56 Å². The Morgan fingerprint density at radius 2 is 1.95 bits per heavy atom. The summed E-state index contributed by atoms with van der Waals surface area (Å²) >= 11 is 0. The first kappa shape index (κ1) is 13.8. The Hall–Kier alpha value is -2.60. The lowest BCUT2D eigenvalue weighted by Gasteiger charge is -2.08. The van der Waals surface area contributed by atoms with Crippen molar-refractivity contribution < 1.29 is 9.53 Å². The fraction of sp³-hybridized carbons (Fsp3) is 0.176. The van der Waals surface area contributed by atoms with Gasteiger partial charge in [-0.25, -0.2) is 4.79 Å². The molecule has 0 amide bonds. The molecular weight excluding hydrogens is 250 g/mol. The van der Waals surface area contributed by atoms with Gasteiger partial charge in [0.05, 0.1) is 17.2 Å². The summed E-state index contributed by atoms with van der Waals surface area (Å²) in [7, 11) is 0. The van der Waals surface area contributed by atoms with Crippen molar-refractivity contribution >= 4 is 5.97 Å². The fourth-order valence-electron chi connectivity index (χ4n) is 2.02. The van der Waals surface area contributed by atoms with Crippen molar-refractivity contribution in [3.05, 3.63) is 70.3 Å². The van der Waals surface area contributed by atoms with Crippen LogP contribution in [0.15, 0.2) is 42.5 Å². The smallest absolute Gasteiger partial charge is 0.338 e. The zero-order chi connectivity index (χ0) is 14.5. The number of benzene rings is 2. The first-order valence-corrected chi connectivity index (χ1v) is 6.34. The van der Waals surface area contributed by atoms with Crippen LogP contribution in [0.25, 0.3) is 0 Å². The van der Waals surface area contributed by atoms with Gasteiger partial charge < -0.3 is 4.74 Å². The quantitative estimate of drug-likeness (QED) is 0.798. The molecule has 0 spiro atoms. The average Bonchev–Trinajstić information content (AvgIpc) is 2.45. The molecule has 100 valence electrons. The number of hydrogen-bond donors (Lipinski definition) is 0. The SMILES string of the molecule is Cc1ccc(C(=O)OCc2ccccc2C#N)c(C)c1. The van der Waals surface area contributed by atoms with Crippen LogP contribution in [-0.2, 0) is 11.3 Å². The monoisotopic (exact) mass is 265 g/mol. The molecule has 0 heterocycles. The Kier molecular flexibility index (Phi) is 4.17. The number of rotatable bonds is 3. The molecule has 0 radical (unpaired) electrons. The highest BCUT2D eigenvalue weighted by molar-refractivity contribution is 5.91. The Morgan fingerprint density at radius 3 is 2.65 bits per heavy atom. The second-order valence-corrected chi connectivity index (χ2v) is 4.66. The largest absolute Gasteiger partial charge is 0.457 e. The average molecular weight is 265 g/mol. The number of esters is 1. The molecule has 0 bridgehead atoms. The first-order valence-electron chi connectivity index (χ1n) is 6.34. The lowest BCUT2D eigenvalue weighted by atomic mass is 10.1. The molecule has 0 saturated carbocycles. The molecule has 2 aromatic rings. The van der Waals surface area contributed by atoms with E-state index in [1.165, 1.54) is 0 Å². The molecule has 0 fully saturated rings. The van der Waals surface area contributed by atoms with Crippen molar-refractivity contribution in [1.82, 2.24) is 0 Å². The second-order valence-electron chi connectivity index (χ2n) is 4.66. The molecule has 2 rings (SSSR count). The predicted molar refractivity (Wildman–Crippen MR) is 76.2 cm³/mol. The molecule has 2 aromatic carbocycles. The van der Waals surface area contributed by atoms with Crippen LogP contribution in [0.4, 0.5) is 0 Å². The minimum absolute atomic E-state index is 0.107. The van der Waals surface area contributed by atoms with E-state index in [0.717, 1.165) is 11.1 Å². The van der Waals surface area contributed by atoms with Crippen LogP contribution in [0.3, 0.4) is 0 Å². The summed E-state index contributed by atoms with van der Waals surface area (Å²) in [6.45, 7) is 3.97. The van der Waals surface area contributed by atoms with E-state index in [2.05, 4.69) is 6.07 Å². The van der Waals surface area contributed by atoms with E-state index < -0.39 is 0 Å². The van der Waals surface area contributed by atoms with Gasteiger partial charge in [-0.3, -0.25) is 0 Å². The fourth-order valence-corrected chi connectivity index (χ4v) is 2.02. The van der Waals surface area contributed by atoms with E-state index in [9.17, 15) is 4.79 Å². The molecule has 0 atom stereocenters. The van der Waals surface area contributed by atoms with Gasteiger partial charge in [0.25, 0.3) is 0 Å². The van der Waals surface area contributed by atoms with Gasteiger partial charge in [-0.15, -0.1) is 0 Å². The Morgan fingerprint density at radius 1 is 1.20 bits per heavy atom. The van der Waals surface area contributed by atoms with Gasteiger partial charge in [-0.05, 0) is 31.5 Å². The lowest BCUT2D eigenvalue weighted by molar-refractivity contribution is 0.0471. The topological polar surface area (TPSA) is 50.1 Å². The van der Waals surface area contributed by atoms with E-state index in [4.69, 9.17) is 10.00 Å². The molecule has 0 saturated heterocycles. The molecule has 0 aliphatic carbocycles. The maximum absolute atomic E-state index is 12.0. The molecule has 0 aliphatic heterocycles. The summed E-state index contributed by atoms with van der Waals surface area (Å²) in [6.07, 6.45) is 0. The second kappa shape index (κ2) is 6.03. The summed E-state index contributed by atoms with van der Waals surface area (Å²) in [5, 5.41) is 8.98. The zero-order valence-electron chi connectivity index (χ0n) is 11.5. The molecule has 0 N–H and O–H groups in total. The van der Waals surface area contributed by atoms with Crippen LogP contribution in [0.5, 0.6) is 0 Å². The predicted octanol–water partition coefficient (Wildman–Crippen LogP) is 3.53. The maximum Gasteiger partial charge on any atom is 0.338 e. The van der Waals surface area contributed by atoms with Gasteiger partial charge in [0.15, 0.2) is 0 Å². The summed E-state index contributed by atoms with van der Waals surface area (Å²) in [5.74, 6) is -0.366. The van der Waals surface area contributed by atoms with Crippen molar-refractivity contribution in [1.29, 1.82) is 5.26 Å². The van der Waals surface area contributed by atoms with Crippen molar-refractivity contribution in [3.8, 4) is 6.07 Å². The summed E-state index contributed by atoms with van der Waals surface area (Å²) in [4.78, 5) is 12.0. The molecule has 20 heavy (non-hydrogen) atoms. The van der Waals surface area contributed by atoms with Crippen molar-refractivity contribution in [3.63, 3.8) is 0 Å². The number of carbonyl (C=O) groups is 1. The minimum Gasteiger partial charge on any atom is -0.457 e. The molecule has 3 heteroatoms. The number of carbonyl (C=O) groups excluding carboxylic acids is 1. The first-order chi connectivity index (χ1) is 9.61. The van der Waals surface area contributed by atoms with Crippen molar-refractivity contribution in [2.45, 2.75) is 20.5 Å². The van der Waals surface area contributed by atoms with Crippen LogP contribution in [0.1, 0.15) is 32.6 Å². The third kappa shape index (κ3) is 3.04. The van der Waals surface area contributed by atoms with E-state index in [1.807, 2.05) is 32.0 Å². The highest BCUT2D eigenvalue weighted by Gasteiger charge is 2.11. The Balaban J connectivity index is 2.11. The number of nitrogens with zero attached hydrogens (tertiary/aromatic N) is 1. The third-order valence-electron chi connectivity index (χ3n) is 3.10. The Labute approximate surface area is 118 Å². The molecule has 0 aliphatic rings. The standard InChI is InChI=1S/C17H15NO2/c1-12-7-8-16(13(2)9-12)17(19)20-11-15-6-4-3-5-14(15)10-18/h3-9H,11H2,1-2H3. The number of hydrogen-bond acceptors (Lipinski definition) is 3. The van der Waals surface area contributed by atoms with Crippen molar-refractivity contribution in [2.75, 3.05) is 0 Å². The van der Waals surface area contributed by atoms with Crippen molar-refractivity contribution in [2.24, 2.45) is 0 Å². The third-order valence-corrected chi connectivity index (χ3v) is 3.10. The van der Waals surface area contributed by atoms with Gasteiger partial charge in [-0.2, -0.15) is 5.26 Å². The molecule has 0 unspecified atom stereocenters. The van der Waals surface area contributed by atoms with Crippen LogP contribution < -0.4 is 0 Å². The normalized spacial score (nSPS) is 9.85. The van der Waals surface area contributed by atoms with Crippen LogP contribution in [0, 0.1) is 25.2 Å². The number of nitriles is 1. The van der Waals surface area contributed by atoms with E-state index >= 15 is 0 Å². The summed E-state index contributed by atoms with van der Waals surface area (Å²) < 4.78 is 5.29. The Bertz CT molecular complexity index is 684. The lowest BCUT2D eigenvalue weighted by Crippen LogP contribution is -2.08. The highest BCUT2D eigenvalue weighted by Crippen LogP contribution is 2.14. The minimum atomic E-state index is -0.366. The van der Waals surface area contributed by atoms with Crippen LogP contribution >= 0.6 is 0 Å². The maximum atomic E-state index is 12.0. The number of ether oxygens (including phenoxy) is 1. The van der Waals surface area contributed by atoms with Crippen LogP contribution in [-0.4, -0.2) is 5.97 Å². The van der Waals surface area contributed by atoms with E-state index in [-0.39, 0.29) is 12.6 Å². The van der Waals surface area contributed by atoms with Gasteiger partial charge >= 0.3 is 5.97 Å². The van der Waals surface area contributed by atoms with Crippen LogP contribution in [0.2, 0.25) is 0 Å². The van der Waals surface area contributed by atoms with Gasteiger partial charge in [-0.1, -0.05) is 35.9 Å². The van der Waals surface area contributed by atoms with Gasteiger partial charge in [0.2, 0.25) is 0 Å². The molecule has 3 nitrogen and oxygen atoms in total. The highest BCUT2D eigenvalue weighted by atomic mass is 16.5. The number of aryl methyl sites for hydroxylation is 2. The summed E-state index contributed by atoms with van der Waals surface area (Å²) in [5.41, 5.74) is 3.80. The molecule has 0 aromatic heterocycles. The zero-order valence-corrected chi connectivity index (χ0v) is 11.5. The van der Waals surface area contributed by atoms with Gasteiger partial charge in [0.1, 0.15) is 6.61 Å². The molecular formula is C17H15NO2.